The second kappa shape index (κ2) is 5.65. The number of ketones is 1. The van der Waals surface area contributed by atoms with E-state index in [4.69, 9.17) is 4.74 Å². The van der Waals surface area contributed by atoms with Gasteiger partial charge in [0.1, 0.15) is 11.9 Å². The van der Waals surface area contributed by atoms with E-state index in [1.807, 2.05) is 0 Å². The second-order valence-corrected chi connectivity index (χ2v) is 5.63. The molecule has 2 aliphatic rings. The summed E-state index contributed by atoms with van der Waals surface area (Å²) < 4.78 is 5.56. The van der Waals surface area contributed by atoms with Gasteiger partial charge < -0.3 is 4.74 Å². The van der Waals surface area contributed by atoms with Crippen LogP contribution in [0.2, 0.25) is 0 Å². The molecule has 3 nitrogen and oxygen atoms in total. The molecule has 0 unspecified atom stereocenters. The summed E-state index contributed by atoms with van der Waals surface area (Å²) in [5.74, 6) is 0.988. The van der Waals surface area contributed by atoms with E-state index in [9.17, 15) is 9.59 Å². The van der Waals surface area contributed by atoms with Crippen LogP contribution in [-0.2, 0) is 14.3 Å². The van der Waals surface area contributed by atoms with Crippen LogP contribution >= 0.6 is 0 Å². The molecule has 0 amide bonds. The number of hydrogen-bond donors (Lipinski definition) is 0. The molecule has 0 spiro atoms. The van der Waals surface area contributed by atoms with Gasteiger partial charge in [-0.05, 0) is 44.4 Å². The van der Waals surface area contributed by atoms with Crippen LogP contribution in [0.4, 0.5) is 0 Å². The fourth-order valence-electron chi connectivity index (χ4n) is 2.78. The Hall–Kier alpha value is -0.860. The molecule has 17 heavy (non-hydrogen) atoms. The SMILES string of the molecule is CC1CCC(OC(=O)C2CCC(=O)CC2)CC1. The summed E-state index contributed by atoms with van der Waals surface area (Å²) >= 11 is 0. The van der Waals surface area contributed by atoms with Crippen molar-refractivity contribution < 1.29 is 14.3 Å². The molecule has 0 N–H and O–H groups in total. The first-order valence-electron chi connectivity index (χ1n) is 6.87. The molecule has 0 aliphatic heterocycles. The van der Waals surface area contributed by atoms with E-state index in [1.54, 1.807) is 0 Å². The van der Waals surface area contributed by atoms with Crippen molar-refractivity contribution in [2.75, 3.05) is 0 Å². The summed E-state index contributed by atoms with van der Waals surface area (Å²) in [6.07, 6.45) is 7.00. The smallest absolute Gasteiger partial charge is 0.309 e. The zero-order valence-corrected chi connectivity index (χ0v) is 10.6. The van der Waals surface area contributed by atoms with Gasteiger partial charge in [0.25, 0.3) is 0 Å². The standard InChI is InChI=1S/C14H22O3/c1-10-2-8-13(9-3-10)17-14(16)11-4-6-12(15)7-5-11/h10-11,13H,2-9H2,1H3. The maximum atomic E-state index is 11.9. The summed E-state index contributed by atoms with van der Waals surface area (Å²) in [5.41, 5.74) is 0. The first kappa shape index (κ1) is 12.6. The van der Waals surface area contributed by atoms with Gasteiger partial charge in [0.05, 0.1) is 5.92 Å². The molecule has 3 heteroatoms. The zero-order valence-electron chi connectivity index (χ0n) is 10.6. The van der Waals surface area contributed by atoms with Crippen molar-refractivity contribution in [3.8, 4) is 0 Å². The number of hydrogen-bond acceptors (Lipinski definition) is 3. The number of ether oxygens (including phenoxy) is 1. The lowest BCUT2D eigenvalue weighted by atomic mass is 9.87. The molecule has 0 aromatic rings. The lowest BCUT2D eigenvalue weighted by Gasteiger charge is -2.28. The van der Waals surface area contributed by atoms with Gasteiger partial charge in [0.15, 0.2) is 0 Å². The average molecular weight is 238 g/mol. The van der Waals surface area contributed by atoms with Crippen molar-refractivity contribution in [1.29, 1.82) is 0 Å². The summed E-state index contributed by atoms with van der Waals surface area (Å²) in [6, 6.07) is 0. The summed E-state index contributed by atoms with van der Waals surface area (Å²) in [7, 11) is 0. The van der Waals surface area contributed by atoms with Crippen LogP contribution in [0.25, 0.3) is 0 Å². The zero-order chi connectivity index (χ0) is 12.3. The highest BCUT2D eigenvalue weighted by molar-refractivity contribution is 5.82. The Labute approximate surface area is 103 Å². The van der Waals surface area contributed by atoms with E-state index in [0.29, 0.717) is 31.5 Å². The highest BCUT2D eigenvalue weighted by atomic mass is 16.5. The first-order chi connectivity index (χ1) is 8.15. The molecule has 2 rings (SSSR count). The molecule has 0 saturated heterocycles. The lowest BCUT2D eigenvalue weighted by Crippen LogP contribution is -2.29. The molecule has 0 radical (unpaired) electrons. The van der Waals surface area contributed by atoms with Gasteiger partial charge in [-0.15, -0.1) is 0 Å². The van der Waals surface area contributed by atoms with E-state index in [1.165, 1.54) is 12.8 Å². The molecular weight excluding hydrogens is 216 g/mol. The van der Waals surface area contributed by atoms with Crippen molar-refractivity contribution >= 4 is 11.8 Å². The van der Waals surface area contributed by atoms with Gasteiger partial charge >= 0.3 is 5.97 Å². The number of rotatable bonds is 2. The molecule has 2 aliphatic carbocycles. The Morgan fingerprint density at radius 1 is 1.06 bits per heavy atom. The second-order valence-electron chi connectivity index (χ2n) is 5.63. The fourth-order valence-corrected chi connectivity index (χ4v) is 2.78. The lowest BCUT2D eigenvalue weighted by molar-refractivity contribution is -0.157. The minimum atomic E-state index is -0.0583. The number of esters is 1. The van der Waals surface area contributed by atoms with Gasteiger partial charge in [-0.3, -0.25) is 9.59 Å². The van der Waals surface area contributed by atoms with Crippen LogP contribution in [0.3, 0.4) is 0 Å². The Morgan fingerprint density at radius 3 is 2.24 bits per heavy atom. The molecule has 0 aromatic heterocycles. The van der Waals surface area contributed by atoms with E-state index in [2.05, 4.69) is 6.92 Å². The Kier molecular flexibility index (Phi) is 4.19. The van der Waals surface area contributed by atoms with Crippen molar-refractivity contribution in [1.82, 2.24) is 0 Å². The monoisotopic (exact) mass is 238 g/mol. The minimum Gasteiger partial charge on any atom is -0.462 e. The largest absolute Gasteiger partial charge is 0.462 e. The van der Waals surface area contributed by atoms with Gasteiger partial charge in [0.2, 0.25) is 0 Å². The molecule has 0 aromatic carbocycles. The van der Waals surface area contributed by atoms with Crippen LogP contribution in [0, 0.1) is 11.8 Å². The topological polar surface area (TPSA) is 43.4 Å². The Morgan fingerprint density at radius 2 is 1.65 bits per heavy atom. The van der Waals surface area contributed by atoms with E-state index >= 15 is 0 Å². The minimum absolute atomic E-state index is 0.0213. The number of carbonyl (C=O) groups excluding carboxylic acids is 2. The maximum absolute atomic E-state index is 11.9. The third-order valence-corrected chi connectivity index (χ3v) is 4.12. The van der Waals surface area contributed by atoms with Crippen molar-refractivity contribution in [2.24, 2.45) is 11.8 Å². The summed E-state index contributed by atoms with van der Waals surface area (Å²) in [6.45, 7) is 2.25. The summed E-state index contributed by atoms with van der Waals surface area (Å²) in [4.78, 5) is 23.0. The maximum Gasteiger partial charge on any atom is 0.309 e. The third-order valence-electron chi connectivity index (χ3n) is 4.12. The third kappa shape index (κ3) is 3.55. The van der Waals surface area contributed by atoms with Gasteiger partial charge in [-0.1, -0.05) is 6.92 Å². The molecule has 2 fully saturated rings. The van der Waals surface area contributed by atoms with Crippen LogP contribution in [0.1, 0.15) is 58.3 Å². The van der Waals surface area contributed by atoms with E-state index in [0.717, 1.165) is 18.8 Å². The van der Waals surface area contributed by atoms with E-state index in [-0.39, 0.29) is 18.0 Å². The summed E-state index contributed by atoms with van der Waals surface area (Å²) in [5, 5.41) is 0. The van der Waals surface area contributed by atoms with Crippen LogP contribution in [0.15, 0.2) is 0 Å². The molecule has 96 valence electrons. The normalized spacial score (nSPS) is 31.2. The van der Waals surface area contributed by atoms with Gasteiger partial charge in [0, 0.05) is 12.8 Å². The molecule has 0 atom stereocenters. The van der Waals surface area contributed by atoms with E-state index < -0.39 is 0 Å². The fraction of sp³-hybridized carbons (Fsp3) is 0.857. The number of Topliss-reactive ketones (excluding diaryl/α,β-unsaturated/α-hetero) is 1. The van der Waals surface area contributed by atoms with Crippen LogP contribution < -0.4 is 0 Å². The van der Waals surface area contributed by atoms with Crippen LogP contribution in [-0.4, -0.2) is 17.9 Å². The highest BCUT2D eigenvalue weighted by Gasteiger charge is 2.29. The predicted molar refractivity (Wildman–Crippen MR) is 64.5 cm³/mol. The van der Waals surface area contributed by atoms with Gasteiger partial charge in [-0.25, -0.2) is 0 Å². The van der Waals surface area contributed by atoms with Crippen molar-refractivity contribution in [2.45, 2.75) is 64.4 Å². The van der Waals surface area contributed by atoms with Crippen molar-refractivity contribution in [3.05, 3.63) is 0 Å². The molecule has 0 heterocycles. The predicted octanol–water partition coefficient (Wildman–Crippen LogP) is 2.87. The number of carbonyl (C=O) groups is 2. The first-order valence-corrected chi connectivity index (χ1v) is 6.87. The van der Waals surface area contributed by atoms with Crippen LogP contribution in [0.5, 0.6) is 0 Å². The highest BCUT2D eigenvalue weighted by Crippen LogP contribution is 2.28. The average Bonchev–Trinajstić information content (AvgIpc) is 2.33. The van der Waals surface area contributed by atoms with Crippen molar-refractivity contribution in [3.63, 3.8) is 0 Å². The molecule has 0 bridgehead atoms. The molecular formula is C14H22O3. The quantitative estimate of drug-likeness (QED) is 0.695. The Balaban J connectivity index is 1.75. The molecule has 2 saturated carbocycles. The van der Waals surface area contributed by atoms with Gasteiger partial charge in [-0.2, -0.15) is 0 Å². The Bertz CT molecular complexity index is 280.